The molecule has 4 heteroatoms. The fraction of sp³-hybridized carbons (Fsp3) is 0.217. The van der Waals surface area contributed by atoms with Crippen LogP contribution in [0.3, 0.4) is 0 Å². The Balaban J connectivity index is 1.83. The average Bonchev–Trinajstić information content (AvgIpc) is 2.71. The maximum absolute atomic E-state index is 13.5. The first-order valence-corrected chi connectivity index (χ1v) is 9.10. The summed E-state index contributed by atoms with van der Waals surface area (Å²) in [6.45, 7) is 1.98. The van der Waals surface area contributed by atoms with Gasteiger partial charge in [0, 0.05) is 17.3 Å². The van der Waals surface area contributed by atoms with Crippen LogP contribution in [0.25, 0.3) is 10.8 Å². The van der Waals surface area contributed by atoms with E-state index in [4.69, 9.17) is 4.74 Å². The normalized spacial score (nSPS) is 18.8. The summed E-state index contributed by atoms with van der Waals surface area (Å²) in [5.41, 5.74) is 2.30. The third-order valence-corrected chi connectivity index (χ3v) is 5.31. The summed E-state index contributed by atoms with van der Waals surface area (Å²) in [5.74, 6) is -0.653. The molecular weight excluding hydrogens is 338 g/mol. The first-order chi connectivity index (χ1) is 13.1. The van der Waals surface area contributed by atoms with E-state index in [2.05, 4.69) is 0 Å². The number of rotatable bonds is 2. The molecule has 3 aromatic carbocycles. The second kappa shape index (κ2) is 6.88. The highest BCUT2D eigenvalue weighted by Gasteiger charge is 2.37. The van der Waals surface area contributed by atoms with Crippen molar-refractivity contribution in [3.63, 3.8) is 0 Å². The Morgan fingerprint density at radius 1 is 0.963 bits per heavy atom. The molecule has 0 saturated heterocycles. The first kappa shape index (κ1) is 17.3. The number of fused-ring (bicyclic) bond motifs is 2. The Bertz CT molecular complexity index is 1020. The number of anilines is 1. The molecule has 2 atom stereocenters. The number of hydrogen-bond acceptors (Lipinski definition) is 3. The average molecular weight is 359 g/mol. The molecule has 0 saturated carbocycles. The highest BCUT2D eigenvalue weighted by molar-refractivity contribution is 6.15. The summed E-state index contributed by atoms with van der Waals surface area (Å²) in [6, 6.07) is 21.2. The van der Waals surface area contributed by atoms with Crippen molar-refractivity contribution in [2.24, 2.45) is 0 Å². The monoisotopic (exact) mass is 359 g/mol. The minimum atomic E-state index is -0.349. The lowest BCUT2D eigenvalue weighted by atomic mass is 9.85. The second-order valence-corrected chi connectivity index (χ2v) is 6.92. The quantitative estimate of drug-likeness (QED) is 0.631. The fourth-order valence-electron chi connectivity index (χ4n) is 4.03. The molecule has 0 N–H and O–H groups in total. The number of esters is 1. The topological polar surface area (TPSA) is 46.6 Å². The second-order valence-electron chi connectivity index (χ2n) is 6.92. The summed E-state index contributed by atoms with van der Waals surface area (Å²) in [4.78, 5) is 27.6. The van der Waals surface area contributed by atoms with Gasteiger partial charge in [-0.2, -0.15) is 0 Å². The minimum absolute atomic E-state index is 0.0462. The van der Waals surface area contributed by atoms with Gasteiger partial charge in [0.2, 0.25) is 0 Å². The van der Waals surface area contributed by atoms with Crippen LogP contribution in [0.5, 0.6) is 0 Å². The Morgan fingerprint density at radius 3 is 2.48 bits per heavy atom. The molecule has 3 aromatic rings. The third kappa shape index (κ3) is 2.87. The Labute approximate surface area is 158 Å². The molecule has 1 aliphatic rings. The summed E-state index contributed by atoms with van der Waals surface area (Å²) >= 11 is 0. The van der Waals surface area contributed by atoms with Gasteiger partial charge in [0.1, 0.15) is 0 Å². The van der Waals surface area contributed by atoms with Crippen LogP contribution < -0.4 is 4.90 Å². The van der Waals surface area contributed by atoms with Gasteiger partial charge in [-0.05, 0) is 41.8 Å². The van der Waals surface area contributed by atoms with Crippen molar-refractivity contribution < 1.29 is 14.3 Å². The number of carbonyl (C=O) groups is 2. The smallest absolute Gasteiger partial charge is 0.313 e. The lowest BCUT2D eigenvalue weighted by Gasteiger charge is -2.38. The van der Waals surface area contributed by atoms with Crippen molar-refractivity contribution in [2.75, 3.05) is 12.0 Å². The van der Waals surface area contributed by atoms with E-state index in [1.54, 1.807) is 0 Å². The van der Waals surface area contributed by atoms with Crippen molar-refractivity contribution in [3.8, 4) is 0 Å². The maximum Gasteiger partial charge on any atom is 0.313 e. The van der Waals surface area contributed by atoms with E-state index in [0.717, 1.165) is 22.0 Å². The van der Waals surface area contributed by atoms with Crippen LogP contribution in [-0.4, -0.2) is 25.0 Å². The van der Waals surface area contributed by atoms with Crippen molar-refractivity contribution in [1.82, 2.24) is 0 Å². The number of hydrogen-bond donors (Lipinski definition) is 0. The molecule has 0 aliphatic carbocycles. The van der Waals surface area contributed by atoms with E-state index in [1.807, 2.05) is 78.6 Å². The standard InChI is InChI=1S/C23H21NO3/c1-15-14-20(23(26)27-2)18-11-5-6-13-21(18)24(15)22(25)19-12-7-9-16-8-3-4-10-17(16)19/h3-13,15,20H,14H2,1-2H3. The van der Waals surface area contributed by atoms with E-state index >= 15 is 0 Å². The highest BCUT2D eigenvalue weighted by atomic mass is 16.5. The molecule has 0 radical (unpaired) electrons. The molecule has 1 heterocycles. The van der Waals surface area contributed by atoms with Gasteiger partial charge in [-0.15, -0.1) is 0 Å². The Hall–Kier alpha value is -3.14. The van der Waals surface area contributed by atoms with Crippen LogP contribution in [0, 0.1) is 0 Å². The van der Waals surface area contributed by atoms with E-state index in [1.165, 1.54) is 7.11 Å². The van der Waals surface area contributed by atoms with Crippen molar-refractivity contribution in [3.05, 3.63) is 77.9 Å². The Kier molecular flexibility index (Phi) is 4.40. The van der Waals surface area contributed by atoms with Crippen LogP contribution in [0.4, 0.5) is 5.69 Å². The van der Waals surface area contributed by atoms with E-state index < -0.39 is 0 Å². The SMILES string of the molecule is COC(=O)C1CC(C)N(C(=O)c2cccc3ccccc23)c2ccccc21. The molecule has 0 spiro atoms. The number of benzene rings is 3. The minimum Gasteiger partial charge on any atom is -0.469 e. The van der Waals surface area contributed by atoms with Crippen molar-refractivity contribution >= 4 is 28.3 Å². The van der Waals surface area contributed by atoms with Gasteiger partial charge in [-0.25, -0.2) is 0 Å². The molecule has 136 valence electrons. The lowest BCUT2D eigenvalue weighted by molar-refractivity contribution is -0.142. The lowest BCUT2D eigenvalue weighted by Crippen LogP contribution is -2.44. The van der Waals surface area contributed by atoms with Gasteiger partial charge >= 0.3 is 5.97 Å². The zero-order valence-corrected chi connectivity index (χ0v) is 15.4. The number of para-hydroxylation sites is 1. The molecule has 2 unspecified atom stereocenters. The maximum atomic E-state index is 13.5. The fourth-order valence-corrected chi connectivity index (χ4v) is 4.03. The molecule has 0 aromatic heterocycles. The third-order valence-electron chi connectivity index (χ3n) is 5.31. The zero-order valence-electron chi connectivity index (χ0n) is 15.4. The predicted octanol–water partition coefficient (Wildman–Crippen LogP) is 4.54. The molecule has 0 fully saturated rings. The van der Waals surface area contributed by atoms with Crippen LogP contribution in [0.2, 0.25) is 0 Å². The summed E-state index contributed by atoms with van der Waals surface area (Å²) < 4.78 is 4.99. The molecular formula is C23H21NO3. The molecule has 4 nitrogen and oxygen atoms in total. The zero-order chi connectivity index (χ0) is 19.0. The van der Waals surface area contributed by atoms with Gasteiger partial charge in [-0.1, -0.05) is 54.6 Å². The van der Waals surface area contributed by atoms with Crippen LogP contribution in [-0.2, 0) is 9.53 Å². The van der Waals surface area contributed by atoms with E-state index in [9.17, 15) is 9.59 Å². The van der Waals surface area contributed by atoms with Gasteiger partial charge in [0.25, 0.3) is 5.91 Å². The van der Waals surface area contributed by atoms with Crippen LogP contribution in [0.1, 0.15) is 35.2 Å². The number of nitrogens with zero attached hydrogens (tertiary/aromatic N) is 1. The molecule has 4 rings (SSSR count). The summed E-state index contributed by atoms with van der Waals surface area (Å²) in [6.07, 6.45) is 0.542. The van der Waals surface area contributed by atoms with Gasteiger partial charge in [0.15, 0.2) is 0 Å². The molecule has 27 heavy (non-hydrogen) atoms. The van der Waals surface area contributed by atoms with Crippen LogP contribution >= 0.6 is 0 Å². The number of amides is 1. The number of ether oxygens (including phenoxy) is 1. The molecule has 0 bridgehead atoms. The van der Waals surface area contributed by atoms with E-state index in [0.29, 0.717) is 12.0 Å². The van der Waals surface area contributed by atoms with Crippen molar-refractivity contribution in [2.45, 2.75) is 25.3 Å². The molecule has 1 aliphatic heterocycles. The predicted molar refractivity (Wildman–Crippen MR) is 106 cm³/mol. The van der Waals surface area contributed by atoms with Crippen molar-refractivity contribution in [1.29, 1.82) is 0 Å². The van der Waals surface area contributed by atoms with Gasteiger partial charge in [-0.3, -0.25) is 9.59 Å². The first-order valence-electron chi connectivity index (χ1n) is 9.10. The largest absolute Gasteiger partial charge is 0.469 e. The van der Waals surface area contributed by atoms with Gasteiger partial charge in [0.05, 0.1) is 13.0 Å². The highest BCUT2D eigenvalue weighted by Crippen LogP contribution is 2.40. The molecule has 1 amide bonds. The van der Waals surface area contributed by atoms with Crippen LogP contribution in [0.15, 0.2) is 66.7 Å². The summed E-state index contributed by atoms with van der Waals surface area (Å²) in [7, 11) is 1.41. The summed E-state index contributed by atoms with van der Waals surface area (Å²) in [5, 5.41) is 1.97. The number of carbonyl (C=O) groups excluding carboxylic acids is 2. The van der Waals surface area contributed by atoms with Gasteiger partial charge < -0.3 is 9.64 Å². The number of methoxy groups -OCH3 is 1. The van der Waals surface area contributed by atoms with E-state index in [-0.39, 0.29) is 23.8 Å². The Morgan fingerprint density at radius 2 is 1.67 bits per heavy atom.